The second-order valence-electron chi connectivity index (χ2n) is 4.95. The minimum atomic E-state index is -0.291. The van der Waals surface area contributed by atoms with Gasteiger partial charge in [0.1, 0.15) is 5.82 Å². The molecule has 1 aliphatic rings. The van der Waals surface area contributed by atoms with Crippen LogP contribution in [-0.2, 0) is 0 Å². The van der Waals surface area contributed by atoms with E-state index in [4.69, 9.17) is 0 Å². The number of rotatable bonds is 3. The van der Waals surface area contributed by atoms with Crippen LogP contribution in [0.2, 0.25) is 0 Å². The van der Waals surface area contributed by atoms with Gasteiger partial charge in [-0.15, -0.1) is 11.3 Å². The van der Waals surface area contributed by atoms with Gasteiger partial charge in [0.25, 0.3) is 5.91 Å². The van der Waals surface area contributed by atoms with E-state index in [0.717, 1.165) is 29.7 Å². The van der Waals surface area contributed by atoms with Gasteiger partial charge in [-0.25, -0.2) is 4.39 Å². The number of thiophene rings is 1. The van der Waals surface area contributed by atoms with Crippen LogP contribution in [0.1, 0.15) is 23.2 Å². The molecule has 1 saturated heterocycles. The molecule has 1 N–H and O–H groups in total. The van der Waals surface area contributed by atoms with E-state index in [0.29, 0.717) is 16.9 Å². The van der Waals surface area contributed by atoms with Gasteiger partial charge in [0.05, 0.1) is 15.0 Å². The normalized spacial score (nSPS) is 14.5. The first-order valence-electron chi connectivity index (χ1n) is 6.73. The third-order valence-corrected chi connectivity index (χ3v) is 4.99. The highest BCUT2D eigenvalue weighted by molar-refractivity contribution is 9.11. The van der Waals surface area contributed by atoms with Crippen molar-refractivity contribution in [3.05, 3.63) is 44.8 Å². The summed E-state index contributed by atoms with van der Waals surface area (Å²) in [5.74, 6) is -0.522. The van der Waals surface area contributed by atoms with Crippen molar-refractivity contribution in [1.29, 1.82) is 0 Å². The molecule has 21 heavy (non-hydrogen) atoms. The van der Waals surface area contributed by atoms with Crippen molar-refractivity contribution in [1.82, 2.24) is 0 Å². The summed E-state index contributed by atoms with van der Waals surface area (Å²) in [4.78, 5) is 14.1. The van der Waals surface area contributed by atoms with Crippen LogP contribution >= 0.6 is 27.3 Å². The molecule has 1 amide bonds. The van der Waals surface area contributed by atoms with E-state index in [1.165, 1.54) is 17.4 Å². The van der Waals surface area contributed by atoms with Crippen LogP contribution in [0.15, 0.2) is 33.4 Å². The van der Waals surface area contributed by atoms with Gasteiger partial charge in [-0.1, -0.05) is 0 Å². The molecule has 110 valence electrons. The molecule has 2 heterocycles. The number of halogens is 2. The molecule has 0 bridgehead atoms. The smallest absolute Gasteiger partial charge is 0.256 e. The second kappa shape index (κ2) is 6.15. The molecule has 3 nitrogen and oxygen atoms in total. The van der Waals surface area contributed by atoms with Gasteiger partial charge in [0.15, 0.2) is 0 Å². The van der Waals surface area contributed by atoms with Gasteiger partial charge in [-0.05, 0) is 53.0 Å². The van der Waals surface area contributed by atoms with Crippen molar-refractivity contribution in [3.63, 3.8) is 0 Å². The molecule has 1 fully saturated rings. The molecule has 0 saturated carbocycles. The number of amides is 1. The maximum Gasteiger partial charge on any atom is 0.256 e. The number of hydrogen-bond donors (Lipinski definition) is 1. The SMILES string of the molecule is O=C(Nc1ccc(N2CCCC2)c(F)c1)c1csc(Br)c1. The largest absolute Gasteiger partial charge is 0.369 e. The Hall–Kier alpha value is -1.40. The third kappa shape index (κ3) is 3.27. The third-order valence-electron chi connectivity index (χ3n) is 3.48. The van der Waals surface area contributed by atoms with E-state index in [1.54, 1.807) is 23.6 Å². The Labute approximate surface area is 134 Å². The summed E-state index contributed by atoms with van der Waals surface area (Å²) in [7, 11) is 0. The monoisotopic (exact) mass is 368 g/mol. The summed E-state index contributed by atoms with van der Waals surface area (Å²) < 4.78 is 15.1. The predicted molar refractivity (Wildman–Crippen MR) is 87.8 cm³/mol. The Bertz CT molecular complexity index is 667. The number of hydrogen-bond acceptors (Lipinski definition) is 3. The topological polar surface area (TPSA) is 32.3 Å². The number of nitrogens with zero attached hydrogens (tertiary/aromatic N) is 1. The first-order chi connectivity index (χ1) is 10.1. The number of nitrogens with one attached hydrogen (secondary N) is 1. The average molecular weight is 369 g/mol. The van der Waals surface area contributed by atoms with Crippen LogP contribution in [-0.4, -0.2) is 19.0 Å². The Balaban J connectivity index is 1.74. The average Bonchev–Trinajstić information content (AvgIpc) is 3.10. The minimum absolute atomic E-state index is 0.231. The van der Waals surface area contributed by atoms with Crippen LogP contribution in [0.4, 0.5) is 15.8 Å². The number of carbonyl (C=O) groups excluding carboxylic acids is 1. The first-order valence-corrected chi connectivity index (χ1v) is 8.40. The van der Waals surface area contributed by atoms with Gasteiger partial charge in [0.2, 0.25) is 0 Å². The van der Waals surface area contributed by atoms with E-state index < -0.39 is 0 Å². The lowest BCUT2D eigenvalue weighted by Gasteiger charge is -2.18. The molecule has 0 spiro atoms. The van der Waals surface area contributed by atoms with Crippen molar-refractivity contribution in [3.8, 4) is 0 Å². The Morgan fingerprint density at radius 1 is 1.29 bits per heavy atom. The highest BCUT2D eigenvalue weighted by atomic mass is 79.9. The zero-order valence-electron chi connectivity index (χ0n) is 11.2. The molecule has 3 rings (SSSR count). The number of anilines is 2. The molecule has 0 atom stereocenters. The standard InChI is InChI=1S/C15H14BrFN2OS/c16-14-7-10(9-21-14)15(20)18-11-3-4-13(12(17)8-11)19-5-1-2-6-19/h3-4,7-9H,1-2,5-6H2,(H,18,20). The van der Waals surface area contributed by atoms with Gasteiger partial charge in [0, 0.05) is 24.2 Å². The van der Waals surface area contributed by atoms with Crippen molar-refractivity contribution in [2.24, 2.45) is 0 Å². The molecular formula is C15H14BrFN2OS. The highest BCUT2D eigenvalue weighted by Crippen LogP contribution is 2.27. The van der Waals surface area contributed by atoms with Gasteiger partial charge >= 0.3 is 0 Å². The fourth-order valence-electron chi connectivity index (χ4n) is 2.43. The molecule has 0 aliphatic carbocycles. The summed E-state index contributed by atoms with van der Waals surface area (Å²) in [5.41, 5.74) is 1.66. The fraction of sp³-hybridized carbons (Fsp3) is 0.267. The number of benzene rings is 1. The Kier molecular flexibility index (Phi) is 4.26. The van der Waals surface area contributed by atoms with Crippen molar-refractivity contribution < 1.29 is 9.18 Å². The van der Waals surface area contributed by atoms with Gasteiger partial charge in [-0.2, -0.15) is 0 Å². The molecule has 0 unspecified atom stereocenters. The summed E-state index contributed by atoms with van der Waals surface area (Å²) in [6.07, 6.45) is 2.20. The summed E-state index contributed by atoms with van der Waals surface area (Å²) >= 11 is 4.76. The fourth-order valence-corrected chi connectivity index (χ4v) is 3.57. The summed E-state index contributed by atoms with van der Waals surface area (Å²) in [6.45, 7) is 1.79. The van der Waals surface area contributed by atoms with E-state index in [-0.39, 0.29) is 11.7 Å². The van der Waals surface area contributed by atoms with Gasteiger partial charge in [-0.3, -0.25) is 4.79 Å². The first kappa shape index (κ1) is 14.5. The van der Waals surface area contributed by atoms with Crippen LogP contribution < -0.4 is 10.2 Å². The van der Waals surface area contributed by atoms with Crippen LogP contribution in [0.3, 0.4) is 0 Å². The lowest BCUT2D eigenvalue weighted by atomic mass is 10.2. The summed E-state index contributed by atoms with van der Waals surface area (Å²) in [5, 5.41) is 4.48. The minimum Gasteiger partial charge on any atom is -0.369 e. The van der Waals surface area contributed by atoms with Crippen LogP contribution in [0.25, 0.3) is 0 Å². The van der Waals surface area contributed by atoms with Crippen molar-refractivity contribution in [2.45, 2.75) is 12.8 Å². The Morgan fingerprint density at radius 3 is 2.67 bits per heavy atom. The van der Waals surface area contributed by atoms with Crippen molar-refractivity contribution in [2.75, 3.05) is 23.3 Å². The zero-order valence-corrected chi connectivity index (χ0v) is 13.6. The van der Waals surface area contributed by atoms with Gasteiger partial charge < -0.3 is 10.2 Å². The molecule has 1 aliphatic heterocycles. The quantitative estimate of drug-likeness (QED) is 0.864. The Morgan fingerprint density at radius 2 is 2.05 bits per heavy atom. The molecule has 1 aromatic carbocycles. The summed E-state index contributed by atoms with van der Waals surface area (Å²) in [6, 6.07) is 6.61. The molecule has 6 heteroatoms. The maximum atomic E-state index is 14.2. The predicted octanol–water partition coefficient (Wildman–Crippen LogP) is 4.50. The van der Waals surface area contributed by atoms with E-state index in [9.17, 15) is 9.18 Å². The highest BCUT2D eigenvalue weighted by Gasteiger charge is 2.17. The van der Waals surface area contributed by atoms with E-state index >= 15 is 0 Å². The maximum absolute atomic E-state index is 14.2. The molecule has 0 radical (unpaired) electrons. The zero-order chi connectivity index (χ0) is 14.8. The lowest BCUT2D eigenvalue weighted by Crippen LogP contribution is -2.19. The van der Waals surface area contributed by atoms with Crippen LogP contribution in [0.5, 0.6) is 0 Å². The van der Waals surface area contributed by atoms with E-state index in [2.05, 4.69) is 21.2 Å². The van der Waals surface area contributed by atoms with E-state index in [1.807, 2.05) is 4.90 Å². The second-order valence-corrected chi connectivity index (χ2v) is 7.24. The van der Waals surface area contributed by atoms with Crippen LogP contribution in [0, 0.1) is 5.82 Å². The van der Waals surface area contributed by atoms with Crippen molar-refractivity contribution >= 4 is 44.5 Å². The number of carbonyl (C=O) groups is 1. The lowest BCUT2D eigenvalue weighted by molar-refractivity contribution is 0.102. The molecule has 2 aromatic rings. The molecular weight excluding hydrogens is 355 g/mol. The molecule has 1 aromatic heterocycles.